The van der Waals surface area contributed by atoms with Crippen molar-refractivity contribution in [1.82, 2.24) is 4.90 Å². The van der Waals surface area contributed by atoms with Crippen LogP contribution < -0.4 is 5.11 Å². The molecule has 0 aromatic heterocycles. The Morgan fingerprint density at radius 1 is 1.26 bits per heavy atom. The lowest BCUT2D eigenvalue weighted by molar-refractivity contribution is -0.282. The summed E-state index contributed by atoms with van der Waals surface area (Å²) in [5.41, 5.74) is 0.172. The third kappa shape index (κ3) is 2.50. The number of carboxylic acid groups (broad SMARTS) is 1. The first kappa shape index (κ1) is 14.4. The van der Waals surface area contributed by atoms with Gasteiger partial charge in [0.1, 0.15) is 6.09 Å². The first-order chi connectivity index (χ1) is 8.77. The largest absolute Gasteiger partial charge is 0.530 e. The highest BCUT2D eigenvalue weighted by molar-refractivity contribution is 9.10. The van der Waals surface area contributed by atoms with Gasteiger partial charge in [0.25, 0.3) is 0 Å². The molecule has 104 valence electrons. The van der Waals surface area contributed by atoms with E-state index in [1.165, 1.54) is 4.90 Å². The highest BCUT2D eigenvalue weighted by Crippen LogP contribution is 2.49. The third-order valence-electron chi connectivity index (χ3n) is 3.84. The number of halogens is 1. The lowest BCUT2D eigenvalue weighted by atomic mass is 9.69. The summed E-state index contributed by atoms with van der Waals surface area (Å²) < 4.78 is 1.00. The number of hydrogen-bond acceptors (Lipinski definition) is 2. The van der Waals surface area contributed by atoms with Gasteiger partial charge in [0.2, 0.25) is 0 Å². The molecule has 1 fully saturated rings. The average Bonchev–Trinajstić information content (AvgIpc) is 2.22. The number of carbonyl (C=O) groups excluding carboxylic acids is 1. The molecular weight excluding hydrogens is 306 g/mol. The summed E-state index contributed by atoms with van der Waals surface area (Å²) in [6.07, 6.45) is 1.69. The molecule has 0 unspecified atom stereocenters. The first-order valence-electron chi connectivity index (χ1n) is 6.55. The van der Waals surface area contributed by atoms with Crippen LogP contribution in [0.4, 0.5) is 4.79 Å². The Labute approximate surface area is 122 Å². The fourth-order valence-electron chi connectivity index (χ4n) is 3.00. The Morgan fingerprint density at radius 2 is 1.79 bits per heavy atom. The number of benzene rings is 1. The smallest absolute Gasteiger partial charge is 0.138 e. The van der Waals surface area contributed by atoms with Crippen LogP contribution in [-0.2, 0) is 5.54 Å². The second kappa shape index (κ2) is 4.82. The zero-order valence-electron chi connectivity index (χ0n) is 11.6. The summed E-state index contributed by atoms with van der Waals surface area (Å²) >= 11 is 3.42. The predicted molar refractivity (Wildman–Crippen MR) is 76.7 cm³/mol. The first-order valence-corrected chi connectivity index (χ1v) is 7.34. The molecule has 0 atom stereocenters. The van der Waals surface area contributed by atoms with Gasteiger partial charge in [-0.2, -0.15) is 0 Å². The molecule has 0 heterocycles. The Kier molecular flexibility index (Phi) is 3.65. The lowest BCUT2D eigenvalue weighted by Crippen LogP contribution is -2.64. The zero-order valence-corrected chi connectivity index (χ0v) is 13.2. The van der Waals surface area contributed by atoms with E-state index in [-0.39, 0.29) is 0 Å². The molecule has 1 aromatic carbocycles. The Bertz CT molecular complexity index is 472. The van der Waals surface area contributed by atoms with Gasteiger partial charge in [0, 0.05) is 10.0 Å². The van der Waals surface area contributed by atoms with Crippen molar-refractivity contribution in [3.05, 3.63) is 34.3 Å². The Balaban J connectivity index is 2.47. The number of rotatable bonds is 2. The minimum absolute atomic E-state index is 0.419. The standard InChI is InChI=1S/C15H20BrNO2/c1-14(2,3)17(13(18)19)15(9-4-10-15)11-5-7-12(16)8-6-11/h5-8H,4,9-10H2,1-3H3,(H,18,19)/p-1. The number of amides is 1. The van der Waals surface area contributed by atoms with Crippen molar-refractivity contribution >= 4 is 22.0 Å². The van der Waals surface area contributed by atoms with Crippen molar-refractivity contribution in [2.45, 2.75) is 51.1 Å². The van der Waals surface area contributed by atoms with Crippen LogP contribution in [0.1, 0.15) is 45.6 Å². The van der Waals surface area contributed by atoms with Crippen LogP contribution in [0.3, 0.4) is 0 Å². The van der Waals surface area contributed by atoms with Gasteiger partial charge in [-0.3, -0.25) is 0 Å². The van der Waals surface area contributed by atoms with Crippen LogP contribution in [0, 0.1) is 0 Å². The van der Waals surface area contributed by atoms with Crippen molar-refractivity contribution in [3.8, 4) is 0 Å². The summed E-state index contributed by atoms with van der Waals surface area (Å²) in [6, 6.07) is 7.94. The van der Waals surface area contributed by atoms with Gasteiger partial charge in [-0.05, 0) is 57.7 Å². The maximum absolute atomic E-state index is 11.6. The molecule has 4 heteroatoms. The minimum Gasteiger partial charge on any atom is -0.530 e. The van der Waals surface area contributed by atoms with Gasteiger partial charge in [-0.1, -0.05) is 28.1 Å². The van der Waals surface area contributed by atoms with Crippen molar-refractivity contribution in [3.63, 3.8) is 0 Å². The highest BCUT2D eigenvalue weighted by atomic mass is 79.9. The summed E-state index contributed by atoms with van der Waals surface area (Å²) in [5.74, 6) is 0. The van der Waals surface area contributed by atoms with Crippen LogP contribution in [0.2, 0.25) is 0 Å². The zero-order chi connectivity index (χ0) is 14.3. The molecule has 0 N–H and O–H groups in total. The van der Waals surface area contributed by atoms with Gasteiger partial charge in [-0.15, -0.1) is 0 Å². The maximum atomic E-state index is 11.6. The molecule has 0 radical (unpaired) electrons. The molecular formula is C15H19BrNO2-. The molecule has 2 rings (SSSR count). The van der Waals surface area contributed by atoms with E-state index < -0.39 is 17.2 Å². The molecule has 1 aliphatic carbocycles. The topological polar surface area (TPSA) is 43.4 Å². The summed E-state index contributed by atoms with van der Waals surface area (Å²) in [5, 5.41) is 11.6. The number of hydrogen-bond donors (Lipinski definition) is 0. The molecule has 0 spiro atoms. The second-order valence-corrected chi connectivity index (χ2v) is 7.08. The molecule has 0 bridgehead atoms. The maximum Gasteiger partial charge on any atom is 0.138 e. The molecule has 0 saturated heterocycles. The normalized spacial score (nSPS) is 17.7. The number of nitrogens with zero attached hydrogens (tertiary/aromatic N) is 1. The van der Waals surface area contributed by atoms with Gasteiger partial charge >= 0.3 is 0 Å². The van der Waals surface area contributed by atoms with E-state index in [2.05, 4.69) is 15.9 Å². The van der Waals surface area contributed by atoms with Gasteiger partial charge in [-0.25, -0.2) is 0 Å². The summed E-state index contributed by atoms with van der Waals surface area (Å²) in [4.78, 5) is 13.2. The Morgan fingerprint density at radius 3 is 2.11 bits per heavy atom. The molecule has 1 aliphatic rings. The van der Waals surface area contributed by atoms with Crippen LogP contribution in [0.25, 0.3) is 0 Å². The van der Waals surface area contributed by atoms with E-state index in [0.717, 1.165) is 29.3 Å². The number of carbonyl (C=O) groups is 1. The molecule has 1 amide bonds. The van der Waals surface area contributed by atoms with E-state index in [1.807, 2.05) is 45.0 Å². The highest BCUT2D eigenvalue weighted by Gasteiger charge is 2.48. The third-order valence-corrected chi connectivity index (χ3v) is 4.37. The minimum atomic E-state index is -1.09. The monoisotopic (exact) mass is 324 g/mol. The molecule has 19 heavy (non-hydrogen) atoms. The molecule has 0 aliphatic heterocycles. The van der Waals surface area contributed by atoms with Crippen LogP contribution >= 0.6 is 15.9 Å². The van der Waals surface area contributed by atoms with Crippen LogP contribution in [0.15, 0.2) is 28.7 Å². The van der Waals surface area contributed by atoms with E-state index in [0.29, 0.717) is 0 Å². The average molecular weight is 325 g/mol. The summed E-state index contributed by atoms with van der Waals surface area (Å²) in [6.45, 7) is 5.76. The fourth-order valence-corrected chi connectivity index (χ4v) is 3.27. The lowest BCUT2D eigenvalue weighted by Gasteiger charge is -2.57. The van der Waals surface area contributed by atoms with Gasteiger partial charge in [0.15, 0.2) is 0 Å². The summed E-state index contributed by atoms with van der Waals surface area (Å²) in [7, 11) is 0. The van der Waals surface area contributed by atoms with E-state index in [9.17, 15) is 9.90 Å². The SMILES string of the molecule is CC(C)(C)N(C(=O)[O-])C1(c2ccc(Br)cc2)CCC1. The van der Waals surface area contributed by atoms with Gasteiger partial charge < -0.3 is 14.8 Å². The molecule has 1 aromatic rings. The van der Waals surface area contributed by atoms with E-state index in [1.54, 1.807) is 0 Å². The molecule has 3 nitrogen and oxygen atoms in total. The van der Waals surface area contributed by atoms with Crippen LogP contribution in [-0.4, -0.2) is 16.5 Å². The Hall–Kier alpha value is -1.03. The van der Waals surface area contributed by atoms with Crippen molar-refractivity contribution < 1.29 is 9.90 Å². The van der Waals surface area contributed by atoms with Crippen molar-refractivity contribution in [1.29, 1.82) is 0 Å². The van der Waals surface area contributed by atoms with Crippen LogP contribution in [0.5, 0.6) is 0 Å². The quantitative estimate of drug-likeness (QED) is 0.837. The molecule has 1 saturated carbocycles. The van der Waals surface area contributed by atoms with Gasteiger partial charge in [0.05, 0.1) is 5.54 Å². The predicted octanol–water partition coefficient (Wildman–Crippen LogP) is 3.27. The fraction of sp³-hybridized carbons (Fsp3) is 0.533. The van der Waals surface area contributed by atoms with Crippen molar-refractivity contribution in [2.75, 3.05) is 0 Å². The van der Waals surface area contributed by atoms with Crippen molar-refractivity contribution in [2.24, 2.45) is 0 Å². The van der Waals surface area contributed by atoms with E-state index >= 15 is 0 Å². The van der Waals surface area contributed by atoms with E-state index in [4.69, 9.17) is 0 Å². The second-order valence-electron chi connectivity index (χ2n) is 6.16.